The van der Waals surface area contributed by atoms with E-state index in [1.54, 1.807) is 18.2 Å². The van der Waals surface area contributed by atoms with Crippen LogP contribution in [0.3, 0.4) is 0 Å². The summed E-state index contributed by atoms with van der Waals surface area (Å²) in [5, 5.41) is 30.7. The molecule has 0 bridgehead atoms. The summed E-state index contributed by atoms with van der Waals surface area (Å²) >= 11 is 0. The Morgan fingerprint density at radius 1 is 1.34 bits per heavy atom. The predicted octanol–water partition coefficient (Wildman–Crippen LogP) is 1.39. The average Bonchev–Trinajstić information content (AvgIpc) is 3.09. The summed E-state index contributed by atoms with van der Waals surface area (Å²) in [4.78, 5) is 37.9. The molecular formula is C21H27N3O8. The molecule has 1 aromatic heterocycles. The molecule has 0 radical (unpaired) electrons. The SMILES string of the molecule is CC(C)(C)[C@H](OCc1cn([C@@H]2CC(O)[C@H](CO)O2)c(=O)[nH]c1=O)c1ccccc1[N+](=O)[O-]. The van der Waals surface area contributed by atoms with Crippen molar-refractivity contribution in [1.82, 2.24) is 9.55 Å². The van der Waals surface area contributed by atoms with E-state index in [1.165, 1.54) is 12.3 Å². The van der Waals surface area contributed by atoms with Crippen LogP contribution in [0, 0.1) is 15.5 Å². The molecule has 0 aliphatic carbocycles. The Kier molecular flexibility index (Phi) is 6.94. The van der Waals surface area contributed by atoms with Crippen molar-refractivity contribution in [3.8, 4) is 0 Å². The average molecular weight is 449 g/mol. The number of rotatable bonds is 7. The molecule has 1 saturated heterocycles. The first-order chi connectivity index (χ1) is 15.0. The van der Waals surface area contributed by atoms with Gasteiger partial charge in [-0.2, -0.15) is 0 Å². The molecule has 1 fully saturated rings. The predicted molar refractivity (Wildman–Crippen MR) is 113 cm³/mol. The molecule has 32 heavy (non-hydrogen) atoms. The second-order valence-electron chi connectivity index (χ2n) is 8.81. The highest BCUT2D eigenvalue weighted by Gasteiger charge is 2.36. The molecule has 11 nitrogen and oxygen atoms in total. The van der Waals surface area contributed by atoms with Gasteiger partial charge in [0.15, 0.2) is 0 Å². The Morgan fingerprint density at radius 2 is 2.03 bits per heavy atom. The number of nitrogens with zero attached hydrogens (tertiary/aromatic N) is 2. The number of nitro benzene ring substituents is 1. The summed E-state index contributed by atoms with van der Waals surface area (Å²) in [6.07, 6.45) is -2.00. The third-order valence-corrected chi connectivity index (χ3v) is 5.34. The quantitative estimate of drug-likeness (QED) is 0.423. The minimum atomic E-state index is -0.951. The van der Waals surface area contributed by atoms with Crippen LogP contribution in [0.4, 0.5) is 5.69 Å². The second-order valence-corrected chi connectivity index (χ2v) is 8.81. The van der Waals surface area contributed by atoms with Crippen molar-refractivity contribution in [1.29, 1.82) is 0 Å². The lowest BCUT2D eigenvalue weighted by atomic mass is 9.84. The molecule has 2 heterocycles. The maximum absolute atomic E-state index is 12.4. The maximum atomic E-state index is 12.4. The van der Waals surface area contributed by atoms with Gasteiger partial charge in [-0.1, -0.05) is 32.9 Å². The normalized spacial score (nSPS) is 22.1. The van der Waals surface area contributed by atoms with Crippen molar-refractivity contribution in [3.63, 3.8) is 0 Å². The van der Waals surface area contributed by atoms with Gasteiger partial charge in [0.25, 0.3) is 11.2 Å². The molecule has 0 saturated carbocycles. The number of aromatic nitrogens is 2. The molecule has 2 aromatic rings. The number of hydrogen-bond donors (Lipinski definition) is 3. The van der Waals surface area contributed by atoms with E-state index in [2.05, 4.69) is 4.98 Å². The van der Waals surface area contributed by atoms with Gasteiger partial charge in [0.2, 0.25) is 0 Å². The van der Waals surface area contributed by atoms with E-state index in [4.69, 9.17) is 9.47 Å². The number of para-hydroxylation sites is 1. The molecule has 174 valence electrons. The van der Waals surface area contributed by atoms with Gasteiger partial charge in [-0.15, -0.1) is 0 Å². The van der Waals surface area contributed by atoms with Crippen LogP contribution >= 0.6 is 0 Å². The topological polar surface area (TPSA) is 157 Å². The lowest BCUT2D eigenvalue weighted by Gasteiger charge is -2.30. The van der Waals surface area contributed by atoms with Crippen molar-refractivity contribution in [2.75, 3.05) is 6.61 Å². The third kappa shape index (κ3) is 4.96. The van der Waals surface area contributed by atoms with Gasteiger partial charge in [-0.05, 0) is 11.5 Å². The highest BCUT2D eigenvalue weighted by atomic mass is 16.6. The highest BCUT2D eigenvalue weighted by molar-refractivity contribution is 5.42. The number of nitro groups is 1. The van der Waals surface area contributed by atoms with Crippen molar-refractivity contribution >= 4 is 5.69 Å². The fourth-order valence-electron chi connectivity index (χ4n) is 3.75. The molecular weight excluding hydrogens is 422 g/mol. The summed E-state index contributed by atoms with van der Waals surface area (Å²) in [6, 6.07) is 6.25. The first-order valence-electron chi connectivity index (χ1n) is 10.2. The molecule has 3 N–H and O–H groups in total. The molecule has 1 aliphatic heterocycles. The highest BCUT2D eigenvalue weighted by Crippen LogP contribution is 2.40. The van der Waals surface area contributed by atoms with Gasteiger partial charge in [0, 0.05) is 18.7 Å². The Labute approximate surface area is 183 Å². The summed E-state index contributed by atoms with van der Waals surface area (Å²) in [5.74, 6) is 0. The van der Waals surface area contributed by atoms with E-state index < -0.39 is 52.7 Å². The zero-order chi connectivity index (χ0) is 23.6. The van der Waals surface area contributed by atoms with Crippen LogP contribution in [-0.4, -0.2) is 43.5 Å². The smallest absolute Gasteiger partial charge is 0.330 e. The van der Waals surface area contributed by atoms with Crippen LogP contribution < -0.4 is 11.2 Å². The van der Waals surface area contributed by atoms with Crippen molar-refractivity contribution < 1.29 is 24.6 Å². The number of aromatic amines is 1. The minimum Gasteiger partial charge on any atom is -0.394 e. The van der Waals surface area contributed by atoms with Gasteiger partial charge < -0.3 is 19.7 Å². The van der Waals surface area contributed by atoms with Crippen LogP contribution in [0.5, 0.6) is 0 Å². The number of benzene rings is 1. The first-order valence-corrected chi connectivity index (χ1v) is 10.2. The summed E-state index contributed by atoms with van der Waals surface area (Å²) in [7, 11) is 0. The number of nitrogens with one attached hydrogen (secondary N) is 1. The van der Waals surface area contributed by atoms with E-state index in [0.29, 0.717) is 5.56 Å². The lowest BCUT2D eigenvalue weighted by Crippen LogP contribution is -2.35. The largest absolute Gasteiger partial charge is 0.394 e. The van der Waals surface area contributed by atoms with Crippen molar-refractivity contribution in [3.05, 3.63) is 72.5 Å². The monoisotopic (exact) mass is 449 g/mol. The van der Waals surface area contributed by atoms with E-state index >= 15 is 0 Å². The number of aliphatic hydroxyl groups is 2. The van der Waals surface area contributed by atoms with Crippen LogP contribution in [-0.2, 0) is 16.1 Å². The summed E-state index contributed by atoms with van der Waals surface area (Å²) < 4.78 is 12.6. The van der Waals surface area contributed by atoms with Crippen LogP contribution in [0.25, 0.3) is 0 Å². The van der Waals surface area contributed by atoms with Crippen molar-refractivity contribution in [2.24, 2.45) is 5.41 Å². The van der Waals surface area contributed by atoms with Gasteiger partial charge in [0.1, 0.15) is 12.3 Å². The maximum Gasteiger partial charge on any atom is 0.330 e. The van der Waals surface area contributed by atoms with Gasteiger partial charge in [0.05, 0.1) is 41.5 Å². The number of ether oxygens (including phenoxy) is 2. The summed E-state index contributed by atoms with van der Waals surface area (Å²) in [6.45, 7) is 4.96. The fraction of sp³-hybridized carbons (Fsp3) is 0.524. The van der Waals surface area contributed by atoms with E-state index in [-0.39, 0.29) is 24.3 Å². The van der Waals surface area contributed by atoms with Crippen LogP contribution in [0.15, 0.2) is 40.1 Å². The fourth-order valence-corrected chi connectivity index (χ4v) is 3.75. The van der Waals surface area contributed by atoms with E-state index in [0.717, 1.165) is 4.57 Å². The van der Waals surface area contributed by atoms with E-state index in [1.807, 2.05) is 20.8 Å². The zero-order valence-electron chi connectivity index (χ0n) is 18.1. The minimum absolute atomic E-state index is 0.0678. The van der Waals surface area contributed by atoms with Crippen LogP contribution in [0.2, 0.25) is 0 Å². The molecule has 0 amide bonds. The molecule has 0 spiro atoms. The van der Waals surface area contributed by atoms with E-state index in [9.17, 15) is 29.9 Å². The number of hydrogen-bond acceptors (Lipinski definition) is 8. The second kappa shape index (κ2) is 9.33. The summed E-state index contributed by atoms with van der Waals surface area (Å²) in [5.41, 5.74) is -1.51. The zero-order valence-corrected chi connectivity index (χ0v) is 18.1. The van der Waals surface area contributed by atoms with Gasteiger partial charge >= 0.3 is 5.69 Å². The molecule has 1 aliphatic rings. The standard InChI is InChI=1S/C21H27N3O8/c1-21(2,3)18(13-6-4-5-7-14(13)24(29)30)31-11-12-9-23(20(28)22-19(12)27)17-8-15(26)16(10-25)32-17/h4-7,9,15-18,25-26H,8,10-11H2,1-3H3,(H,22,27,28)/t15?,16-,17-,18+/m0/s1. The van der Waals surface area contributed by atoms with Crippen LogP contribution in [0.1, 0.15) is 50.7 Å². The number of H-pyrrole nitrogens is 1. The third-order valence-electron chi connectivity index (χ3n) is 5.34. The molecule has 1 aromatic carbocycles. The Bertz CT molecular complexity index is 1090. The Morgan fingerprint density at radius 3 is 2.62 bits per heavy atom. The molecule has 11 heteroatoms. The Hall–Kier alpha value is -2.86. The molecule has 4 atom stereocenters. The lowest BCUT2D eigenvalue weighted by molar-refractivity contribution is -0.386. The van der Waals surface area contributed by atoms with Crippen molar-refractivity contribution in [2.45, 2.75) is 58.3 Å². The van der Waals surface area contributed by atoms with Gasteiger partial charge in [-0.3, -0.25) is 24.5 Å². The first kappa shape index (κ1) is 23.8. The number of aliphatic hydroxyl groups excluding tert-OH is 2. The molecule has 3 rings (SSSR count). The Balaban J connectivity index is 1.90. The van der Waals surface area contributed by atoms with Gasteiger partial charge in [-0.25, -0.2) is 4.79 Å². The molecule has 1 unspecified atom stereocenters.